The quantitative estimate of drug-likeness (QED) is 0.341. The van der Waals surface area contributed by atoms with Gasteiger partial charge in [0.1, 0.15) is 16.9 Å². The summed E-state index contributed by atoms with van der Waals surface area (Å²) in [5, 5.41) is 17.8. The minimum absolute atomic E-state index is 0.164. The van der Waals surface area contributed by atoms with Crippen molar-refractivity contribution in [2.45, 2.75) is 65.3 Å². The predicted molar refractivity (Wildman–Crippen MR) is 144 cm³/mol. The summed E-state index contributed by atoms with van der Waals surface area (Å²) in [6.07, 6.45) is -0.231. The molecule has 198 valence electrons. The number of carbonyl (C=O) groups is 1. The lowest BCUT2D eigenvalue weighted by Gasteiger charge is -2.30. The highest BCUT2D eigenvalue weighted by Gasteiger charge is 2.30. The minimum Gasteiger partial charge on any atom is -0.486 e. The highest BCUT2D eigenvalue weighted by atomic mass is 19.1. The summed E-state index contributed by atoms with van der Waals surface area (Å²) in [5.41, 5.74) is 4.77. The number of benzene rings is 3. The minimum atomic E-state index is -0.989. The Kier molecular flexibility index (Phi) is 6.92. The van der Waals surface area contributed by atoms with Gasteiger partial charge in [-0.05, 0) is 62.1 Å². The first-order valence-corrected chi connectivity index (χ1v) is 13.0. The average molecular weight is 517 g/mol. The van der Waals surface area contributed by atoms with E-state index >= 15 is 4.39 Å². The van der Waals surface area contributed by atoms with Crippen molar-refractivity contribution in [3.05, 3.63) is 88.2 Å². The van der Waals surface area contributed by atoms with Gasteiger partial charge in [-0.25, -0.2) is 9.07 Å². The van der Waals surface area contributed by atoms with Crippen molar-refractivity contribution in [3.8, 4) is 5.75 Å². The van der Waals surface area contributed by atoms with E-state index in [1.807, 2.05) is 43.3 Å². The molecule has 8 heteroatoms. The van der Waals surface area contributed by atoms with E-state index in [2.05, 4.69) is 42.0 Å². The van der Waals surface area contributed by atoms with Gasteiger partial charge < -0.3 is 9.84 Å². The van der Waals surface area contributed by atoms with Gasteiger partial charge in [-0.1, -0.05) is 47.7 Å². The Morgan fingerprint density at radius 2 is 1.97 bits per heavy atom. The van der Waals surface area contributed by atoms with Gasteiger partial charge in [0.05, 0.1) is 11.9 Å². The van der Waals surface area contributed by atoms with E-state index in [1.165, 1.54) is 0 Å². The molecular formula is C30H33FN4O3. The van der Waals surface area contributed by atoms with Gasteiger partial charge in [0.15, 0.2) is 5.82 Å². The number of rotatable bonds is 7. The molecule has 1 aliphatic heterocycles. The summed E-state index contributed by atoms with van der Waals surface area (Å²) in [7, 11) is 0. The summed E-state index contributed by atoms with van der Waals surface area (Å²) in [4.78, 5) is 14.2. The molecule has 7 nitrogen and oxygen atoms in total. The van der Waals surface area contributed by atoms with Crippen LogP contribution in [0.1, 0.15) is 60.9 Å². The van der Waals surface area contributed by atoms with Gasteiger partial charge >= 0.3 is 5.97 Å². The van der Waals surface area contributed by atoms with Crippen LogP contribution in [0.4, 0.5) is 4.39 Å². The SMILES string of the molecule is CCn1nnc2c(F)c([C@@H](CC(=O)O)c3ccc(C)c(CN4Cc5ccccc5OC(C)(C)C4)c3)ccc21. The number of hydrogen-bond donors (Lipinski definition) is 1. The van der Waals surface area contributed by atoms with E-state index in [1.54, 1.807) is 16.8 Å². The van der Waals surface area contributed by atoms with E-state index in [0.29, 0.717) is 24.2 Å². The molecule has 0 saturated heterocycles. The number of aromatic nitrogens is 3. The van der Waals surface area contributed by atoms with Crippen molar-refractivity contribution in [1.29, 1.82) is 0 Å². The highest BCUT2D eigenvalue weighted by Crippen LogP contribution is 2.35. The zero-order valence-corrected chi connectivity index (χ0v) is 22.2. The third kappa shape index (κ3) is 5.13. The monoisotopic (exact) mass is 516 g/mol. The molecule has 0 fully saturated rings. The number of aliphatic carboxylic acids is 1. The molecule has 5 rings (SSSR count). The maximum atomic E-state index is 15.7. The van der Waals surface area contributed by atoms with Crippen LogP contribution in [0.5, 0.6) is 5.75 Å². The molecule has 4 aromatic rings. The molecule has 1 atom stereocenters. The second-order valence-electron chi connectivity index (χ2n) is 10.7. The molecule has 0 unspecified atom stereocenters. The molecule has 1 aliphatic rings. The van der Waals surface area contributed by atoms with Gasteiger partial charge in [-0.3, -0.25) is 9.69 Å². The molecular weight excluding hydrogens is 483 g/mol. The number of ether oxygens (including phenoxy) is 1. The molecule has 2 heterocycles. The second kappa shape index (κ2) is 10.2. The molecule has 0 spiro atoms. The first-order valence-electron chi connectivity index (χ1n) is 13.0. The van der Waals surface area contributed by atoms with Crippen molar-refractivity contribution in [3.63, 3.8) is 0 Å². The third-order valence-electron chi connectivity index (χ3n) is 7.24. The maximum absolute atomic E-state index is 15.7. The van der Waals surface area contributed by atoms with E-state index in [0.717, 1.165) is 41.1 Å². The van der Waals surface area contributed by atoms with Crippen LogP contribution in [0.2, 0.25) is 0 Å². The molecule has 1 N–H and O–H groups in total. The molecule has 1 aromatic heterocycles. The third-order valence-corrected chi connectivity index (χ3v) is 7.24. The summed E-state index contributed by atoms with van der Waals surface area (Å²) in [5.74, 6) is -1.26. The zero-order chi connectivity index (χ0) is 27.0. The Labute approximate surface area is 221 Å². The number of para-hydroxylation sites is 1. The first-order chi connectivity index (χ1) is 18.1. The molecule has 0 aliphatic carbocycles. The Bertz CT molecular complexity index is 1500. The fourth-order valence-corrected chi connectivity index (χ4v) is 5.44. The normalized spacial score (nSPS) is 16.0. The van der Waals surface area contributed by atoms with Crippen molar-refractivity contribution in [2.75, 3.05) is 6.54 Å². The number of hydrogen-bond acceptors (Lipinski definition) is 5. The van der Waals surface area contributed by atoms with Crippen molar-refractivity contribution in [1.82, 2.24) is 19.9 Å². The van der Waals surface area contributed by atoms with E-state index in [-0.39, 0.29) is 17.5 Å². The van der Waals surface area contributed by atoms with Crippen LogP contribution >= 0.6 is 0 Å². The van der Waals surface area contributed by atoms with Gasteiger partial charge in [0, 0.05) is 37.7 Å². The topological polar surface area (TPSA) is 80.5 Å². The van der Waals surface area contributed by atoms with Crippen LogP contribution in [-0.4, -0.2) is 43.1 Å². The fraction of sp³-hybridized carbons (Fsp3) is 0.367. The van der Waals surface area contributed by atoms with Crippen LogP contribution in [0.3, 0.4) is 0 Å². The zero-order valence-electron chi connectivity index (χ0n) is 22.2. The first kappa shape index (κ1) is 25.9. The summed E-state index contributed by atoms with van der Waals surface area (Å²) >= 11 is 0. The van der Waals surface area contributed by atoms with Crippen molar-refractivity contribution < 1.29 is 19.0 Å². The summed E-state index contributed by atoms with van der Waals surface area (Å²) in [6.45, 7) is 10.8. The average Bonchev–Trinajstić information content (AvgIpc) is 3.23. The van der Waals surface area contributed by atoms with Crippen molar-refractivity contribution in [2.24, 2.45) is 0 Å². The predicted octanol–water partition coefficient (Wildman–Crippen LogP) is 5.68. The van der Waals surface area contributed by atoms with Crippen LogP contribution in [0, 0.1) is 12.7 Å². The number of halogens is 1. The Morgan fingerprint density at radius 1 is 1.18 bits per heavy atom. The van der Waals surface area contributed by atoms with Gasteiger partial charge in [0.2, 0.25) is 0 Å². The molecule has 0 saturated carbocycles. The number of aryl methyl sites for hydroxylation is 2. The van der Waals surface area contributed by atoms with Crippen LogP contribution in [-0.2, 0) is 24.4 Å². The van der Waals surface area contributed by atoms with Crippen LogP contribution in [0.25, 0.3) is 11.0 Å². The number of fused-ring (bicyclic) bond motifs is 2. The summed E-state index contributed by atoms with van der Waals surface area (Å²) < 4.78 is 23.6. The molecule has 0 radical (unpaired) electrons. The van der Waals surface area contributed by atoms with E-state index in [4.69, 9.17) is 4.74 Å². The number of carboxylic acid groups (broad SMARTS) is 1. The smallest absolute Gasteiger partial charge is 0.304 e. The standard InChI is InChI=1S/C30H33FN4O3/c1-5-35-25-13-12-23(28(31)29(25)32-33-35)24(15-27(36)37)20-11-10-19(2)22(14-20)17-34-16-21-8-6-7-9-26(21)38-30(3,4)18-34/h6-14,24H,5,15-18H2,1-4H3,(H,36,37)/t24-/m0/s1. The highest BCUT2D eigenvalue weighted by molar-refractivity contribution is 5.77. The number of carboxylic acids is 1. The molecule has 38 heavy (non-hydrogen) atoms. The van der Waals surface area contributed by atoms with Crippen molar-refractivity contribution >= 4 is 17.0 Å². The molecule has 0 bridgehead atoms. The largest absolute Gasteiger partial charge is 0.486 e. The van der Waals surface area contributed by atoms with E-state index in [9.17, 15) is 9.90 Å². The lowest BCUT2D eigenvalue weighted by atomic mass is 9.86. The second-order valence-corrected chi connectivity index (χ2v) is 10.7. The Balaban J connectivity index is 1.51. The van der Waals surface area contributed by atoms with Crippen LogP contribution < -0.4 is 4.74 Å². The van der Waals surface area contributed by atoms with Gasteiger partial charge in [0.25, 0.3) is 0 Å². The van der Waals surface area contributed by atoms with Gasteiger partial charge in [-0.15, -0.1) is 5.10 Å². The lowest BCUT2D eigenvalue weighted by molar-refractivity contribution is -0.137. The fourth-order valence-electron chi connectivity index (χ4n) is 5.44. The van der Waals surface area contributed by atoms with Gasteiger partial charge in [-0.2, -0.15) is 0 Å². The Morgan fingerprint density at radius 3 is 2.74 bits per heavy atom. The Hall–Kier alpha value is -3.78. The molecule has 3 aromatic carbocycles. The van der Waals surface area contributed by atoms with E-state index < -0.39 is 17.7 Å². The van der Waals surface area contributed by atoms with Crippen LogP contribution in [0.15, 0.2) is 54.6 Å². The molecule has 0 amide bonds. The lowest BCUT2D eigenvalue weighted by Crippen LogP contribution is -2.40. The maximum Gasteiger partial charge on any atom is 0.304 e. The summed E-state index contributed by atoms with van der Waals surface area (Å²) in [6, 6.07) is 17.5. The number of nitrogens with zero attached hydrogens (tertiary/aromatic N) is 4.